The largest absolute Gasteiger partial charge is 0.438 e. The van der Waals surface area contributed by atoms with E-state index in [1.54, 1.807) is 6.20 Å². The Balaban J connectivity index is 1.95. The maximum absolute atomic E-state index is 5.89. The number of aromatic amines is 1. The van der Waals surface area contributed by atoms with Crippen LogP contribution in [-0.2, 0) is 6.42 Å². The van der Waals surface area contributed by atoms with Gasteiger partial charge in [0, 0.05) is 6.54 Å². The van der Waals surface area contributed by atoms with Crippen molar-refractivity contribution in [1.29, 1.82) is 0 Å². The molecule has 0 fully saturated rings. The monoisotopic (exact) mass is 283 g/mol. The maximum Gasteiger partial charge on any atom is 0.235 e. The molecule has 0 amide bonds. The van der Waals surface area contributed by atoms with Crippen molar-refractivity contribution >= 4 is 17.0 Å². The third kappa shape index (κ3) is 2.79. The highest BCUT2D eigenvalue weighted by molar-refractivity contribution is 5.80. The van der Waals surface area contributed by atoms with Crippen LogP contribution in [0.1, 0.15) is 19.4 Å². The lowest BCUT2D eigenvalue weighted by molar-refractivity contribution is 0.469. The number of anilines is 1. The van der Waals surface area contributed by atoms with Crippen LogP contribution in [0.4, 0.5) is 5.95 Å². The Kier molecular flexibility index (Phi) is 3.68. The summed E-state index contributed by atoms with van der Waals surface area (Å²) in [5.41, 5.74) is 1.92. The van der Waals surface area contributed by atoms with Gasteiger partial charge in [-0.05, 0) is 31.0 Å². The topological polar surface area (TPSA) is 75.7 Å². The van der Waals surface area contributed by atoms with E-state index in [2.05, 4.69) is 32.4 Å². The molecule has 0 aliphatic heterocycles. The van der Waals surface area contributed by atoms with Crippen molar-refractivity contribution in [1.82, 2.24) is 20.2 Å². The molecule has 3 aromatic rings. The zero-order valence-corrected chi connectivity index (χ0v) is 12.1. The quantitative estimate of drug-likeness (QED) is 0.752. The van der Waals surface area contributed by atoms with Gasteiger partial charge in [-0.15, -0.1) is 0 Å². The minimum atomic E-state index is 0.494. The second kappa shape index (κ2) is 5.78. The van der Waals surface area contributed by atoms with Crippen molar-refractivity contribution < 1.29 is 4.74 Å². The number of aryl methyl sites for hydroxylation is 1. The summed E-state index contributed by atoms with van der Waals surface area (Å²) in [6, 6.07) is 7.99. The fourth-order valence-corrected chi connectivity index (χ4v) is 2.03. The Morgan fingerprint density at radius 2 is 1.95 bits per heavy atom. The first kappa shape index (κ1) is 13.4. The number of H-pyrrole nitrogens is 1. The van der Waals surface area contributed by atoms with Crippen LogP contribution in [0.5, 0.6) is 11.6 Å². The predicted molar refractivity (Wildman–Crippen MR) is 81.7 cm³/mol. The molecule has 6 heteroatoms. The van der Waals surface area contributed by atoms with E-state index in [0.717, 1.165) is 24.1 Å². The molecule has 0 bridgehead atoms. The van der Waals surface area contributed by atoms with Gasteiger partial charge in [0.1, 0.15) is 11.1 Å². The molecule has 0 aliphatic carbocycles. The van der Waals surface area contributed by atoms with Crippen molar-refractivity contribution in [2.24, 2.45) is 0 Å². The maximum atomic E-state index is 5.89. The first-order valence-corrected chi connectivity index (χ1v) is 7.02. The van der Waals surface area contributed by atoms with Gasteiger partial charge in [-0.3, -0.25) is 5.10 Å². The van der Waals surface area contributed by atoms with Gasteiger partial charge in [0.25, 0.3) is 0 Å². The Labute approximate surface area is 122 Å². The summed E-state index contributed by atoms with van der Waals surface area (Å²) in [5, 5.41) is 10.7. The lowest BCUT2D eigenvalue weighted by atomic mass is 10.2. The number of nitrogens with zero attached hydrogens (tertiary/aromatic N) is 3. The van der Waals surface area contributed by atoms with Gasteiger partial charge >= 0.3 is 0 Å². The van der Waals surface area contributed by atoms with Crippen LogP contribution in [0.25, 0.3) is 11.0 Å². The Morgan fingerprint density at radius 1 is 1.14 bits per heavy atom. The molecule has 0 atom stereocenters. The van der Waals surface area contributed by atoms with Crippen LogP contribution >= 0.6 is 0 Å². The highest BCUT2D eigenvalue weighted by atomic mass is 16.5. The van der Waals surface area contributed by atoms with E-state index < -0.39 is 0 Å². The average molecular weight is 283 g/mol. The molecular formula is C15H17N5O. The molecule has 0 radical (unpaired) electrons. The molecule has 0 spiro atoms. The summed E-state index contributed by atoms with van der Waals surface area (Å²) in [6.07, 6.45) is 2.67. The van der Waals surface area contributed by atoms with Gasteiger partial charge in [0.2, 0.25) is 11.8 Å². The number of hydrogen-bond acceptors (Lipinski definition) is 5. The second-order valence-electron chi connectivity index (χ2n) is 4.61. The average Bonchev–Trinajstić information content (AvgIpc) is 2.97. The van der Waals surface area contributed by atoms with E-state index >= 15 is 0 Å². The zero-order chi connectivity index (χ0) is 14.7. The number of hydrogen-bond donors (Lipinski definition) is 2. The molecule has 0 saturated carbocycles. The molecule has 1 aromatic carbocycles. The molecule has 3 rings (SSSR count). The normalized spacial score (nSPS) is 10.8. The van der Waals surface area contributed by atoms with E-state index in [1.807, 2.05) is 31.2 Å². The molecule has 0 aliphatic rings. The fraction of sp³-hybridized carbons (Fsp3) is 0.267. The predicted octanol–water partition coefficient (Wildman–Crippen LogP) is 3.14. The van der Waals surface area contributed by atoms with E-state index in [1.165, 1.54) is 5.56 Å². The Morgan fingerprint density at radius 3 is 2.67 bits per heavy atom. The van der Waals surface area contributed by atoms with E-state index in [0.29, 0.717) is 17.5 Å². The van der Waals surface area contributed by atoms with Crippen molar-refractivity contribution in [2.45, 2.75) is 20.3 Å². The smallest absolute Gasteiger partial charge is 0.235 e. The van der Waals surface area contributed by atoms with Crippen molar-refractivity contribution in [2.75, 3.05) is 11.9 Å². The van der Waals surface area contributed by atoms with Gasteiger partial charge < -0.3 is 10.1 Å². The molecule has 0 unspecified atom stereocenters. The highest BCUT2D eigenvalue weighted by Gasteiger charge is 2.11. The minimum absolute atomic E-state index is 0.494. The number of rotatable bonds is 5. The van der Waals surface area contributed by atoms with Gasteiger partial charge in [-0.1, -0.05) is 19.1 Å². The lowest BCUT2D eigenvalue weighted by Crippen LogP contribution is -2.03. The van der Waals surface area contributed by atoms with Crippen molar-refractivity contribution in [3.05, 3.63) is 36.0 Å². The summed E-state index contributed by atoms with van der Waals surface area (Å²) >= 11 is 0. The van der Waals surface area contributed by atoms with E-state index in [-0.39, 0.29) is 0 Å². The third-order valence-corrected chi connectivity index (χ3v) is 3.16. The molecule has 2 heterocycles. The standard InChI is InChI=1S/C15H17N5O/c1-3-10-5-7-11(8-6-10)21-14-12-9-17-20-13(12)18-15(19-14)16-4-2/h5-9H,3-4H2,1-2H3,(H2,16,17,18,19,20). The molecule has 21 heavy (non-hydrogen) atoms. The summed E-state index contributed by atoms with van der Waals surface area (Å²) in [5.74, 6) is 1.76. The third-order valence-electron chi connectivity index (χ3n) is 3.16. The lowest BCUT2D eigenvalue weighted by Gasteiger charge is -2.08. The van der Waals surface area contributed by atoms with E-state index in [9.17, 15) is 0 Å². The van der Waals surface area contributed by atoms with Crippen LogP contribution in [0, 0.1) is 0 Å². The van der Waals surface area contributed by atoms with Crippen LogP contribution in [0.2, 0.25) is 0 Å². The van der Waals surface area contributed by atoms with Gasteiger partial charge in [-0.2, -0.15) is 15.1 Å². The summed E-state index contributed by atoms with van der Waals surface area (Å²) < 4.78 is 5.89. The van der Waals surface area contributed by atoms with Crippen LogP contribution in [0.15, 0.2) is 30.5 Å². The fourth-order valence-electron chi connectivity index (χ4n) is 2.03. The minimum Gasteiger partial charge on any atom is -0.438 e. The van der Waals surface area contributed by atoms with Crippen LogP contribution in [-0.4, -0.2) is 26.7 Å². The first-order valence-electron chi connectivity index (χ1n) is 7.02. The Bertz CT molecular complexity index is 735. The summed E-state index contributed by atoms with van der Waals surface area (Å²) in [6.45, 7) is 4.85. The zero-order valence-electron chi connectivity index (χ0n) is 12.1. The highest BCUT2D eigenvalue weighted by Crippen LogP contribution is 2.27. The van der Waals surface area contributed by atoms with Crippen LogP contribution in [0.3, 0.4) is 0 Å². The second-order valence-corrected chi connectivity index (χ2v) is 4.61. The number of nitrogens with one attached hydrogen (secondary N) is 2. The molecule has 108 valence electrons. The number of benzene rings is 1. The van der Waals surface area contributed by atoms with Gasteiger partial charge in [0.15, 0.2) is 5.65 Å². The molecule has 0 saturated heterocycles. The number of fused-ring (bicyclic) bond motifs is 1. The van der Waals surface area contributed by atoms with Gasteiger partial charge in [-0.25, -0.2) is 0 Å². The summed E-state index contributed by atoms with van der Waals surface area (Å²) in [4.78, 5) is 8.73. The molecule has 6 nitrogen and oxygen atoms in total. The van der Waals surface area contributed by atoms with Crippen molar-refractivity contribution in [3.8, 4) is 11.6 Å². The molecular weight excluding hydrogens is 266 g/mol. The van der Waals surface area contributed by atoms with Crippen LogP contribution < -0.4 is 10.1 Å². The molecule has 2 N–H and O–H groups in total. The van der Waals surface area contributed by atoms with Crippen molar-refractivity contribution in [3.63, 3.8) is 0 Å². The SMILES string of the molecule is CCNc1nc(Oc2ccc(CC)cc2)c2cn[nH]c2n1. The van der Waals surface area contributed by atoms with Gasteiger partial charge in [0.05, 0.1) is 6.20 Å². The first-order chi connectivity index (χ1) is 10.3. The summed E-state index contributed by atoms with van der Waals surface area (Å²) in [7, 11) is 0. The number of ether oxygens (including phenoxy) is 1. The molecule has 2 aromatic heterocycles. The number of aromatic nitrogens is 4. The van der Waals surface area contributed by atoms with E-state index in [4.69, 9.17) is 4.74 Å². The Hall–Kier alpha value is -2.63.